The van der Waals surface area contributed by atoms with Crippen LogP contribution in [0.15, 0.2) is 9.98 Å². The Kier molecular flexibility index (Phi) is 3.06. The summed E-state index contributed by atoms with van der Waals surface area (Å²) in [5.74, 6) is 0.252. The third-order valence-electron chi connectivity index (χ3n) is 1.85. The second-order valence-electron chi connectivity index (χ2n) is 4.04. The van der Waals surface area contributed by atoms with E-state index in [1.54, 1.807) is 0 Å². The molecule has 1 unspecified atom stereocenters. The molecule has 0 saturated heterocycles. The summed E-state index contributed by atoms with van der Waals surface area (Å²) >= 11 is 1.52. The second kappa shape index (κ2) is 3.78. The van der Waals surface area contributed by atoms with Gasteiger partial charge in [-0.3, -0.25) is 5.73 Å². The first-order valence-electron chi connectivity index (χ1n) is 4.37. The van der Waals surface area contributed by atoms with Gasteiger partial charge < -0.3 is 10.6 Å². The van der Waals surface area contributed by atoms with Crippen molar-refractivity contribution < 1.29 is 0 Å². The monoisotopic (exact) mass is 215 g/mol. The standard InChI is InChI=1S/C8H17N5S/c1-8(2,3)13-6(10)11-5(9)12-7(13)14-4/h6H,10H2,1-4H3,(H2,9,11). The van der Waals surface area contributed by atoms with Crippen LogP contribution in [0.25, 0.3) is 0 Å². The lowest BCUT2D eigenvalue weighted by molar-refractivity contribution is 0.184. The van der Waals surface area contributed by atoms with E-state index in [9.17, 15) is 0 Å². The van der Waals surface area contributed by atoms with Gasteiger partial charge >= 0.3 is 0 Å². The Morgan fingerprint density at radius 2 is 2.00 bits per heavy atom. The maximum absolute atomic E-state index is 5.89. The van der Waals surface area contributed by atoms with Crippen molar-refractivity contribution in [1.82, 2.24) is 4.90 Å². The van der Waals surface area contributed by atoms with Gasteiger partial charge in [0.2, 0.25) is 5.96 Å². The number of thioether (sulfide) groups is 1. The summed E-state index contributed by atoms with van der Waals surface area (Å²) in [4.78, 5) is 10.1. The summed E-state index contributed by atoms with van der Waals surface area (Å²) in [5.41, 5.74) is 11.3. The van der Waals surface area contributed by atoms with Gasteiger partial charge in [-0.25, -0.2) is 4.99 Å². The van der Waals surface area contributed by atoms with Crippen molar-refractivity contribution in [3.05, 3.63) is 0 Å². The van der Waals surface area contributed by atoms with Crippen molar-refractivity contribution in [3.63, 3.8) is 0 Å². The highest BCUT2D eigenvalue weighted by molar-refractivity contribution is 8.13. The zero-order valence-electron chi connectivity index (χ0n) is 8.98. The number of hydrogen-bond acceptors (Lipinski definition) is 6. The molecule has 6 heteroatoms. The molecule has 4 N–H and O–H groups in total. The largest absolute Gasteiger partial charge is 0.368 e. The molecule has 0 fully saturated rings. The molecule has 1 heterocycles. The third-order valence-corrected chi connectivity index (χ3v) is 2.50. The van der Waals surface area contributed by atoms with Crippen molar-refractivity contribution in [1.29, 1.82) is 0 Å². The Bertz CT molecular complexity index is 278. The smallest absolute Gasteiger partial charge is 0.221 e. The van der Waals surface area contributed by atoms with E-state index in [-0.39, 0.29) is 11.5 Å². The summed E-state index contributed by atoms with van der Waals surface area (Å²) in [7, 11) is 0. The van der Waals surface area contributed by atoms with Gasteiger partial charge in [0.25, 0.3) is 0 Å². The number of nitrogens with two attached hydrogens (primary N) is 2. The zero-order valence-corrected chi connectivity index (χ0v) is 9.80. The van der Waals surface area contributed by atoms with Crippen LogP contribution in [0, 0.1) is 0 Å². The number of aliphatic imine (C=N–C) groups is 2. The molecule has 0 saturated carbocycles. The number of guanidine groups is 1. The zero-order chi connectivity index (χ0) is 10.9. The summed E-state index contributed by atoms with van der Waals surface area (Å²) < 4.78 is 0. The fourth-order valence-electron chi connectivity index (χ4n) is 1.31. The van der Waals surface area contributed by atoms with E-state index >= 15 is 0 Å². The van der Waals surface area contributed by atoms with Crippen LogP contribution in [0.3, 0.4) is 0 Å². The quantitative estimate of drug-likeness (QED) is 0.612. The molecule has 0 amide bonds. The summed E-state index contributed by atoms with van der Waals surface area (Å²) in [6.45, 7) is 6.20. The highest BCUT2D eigenvalue weighted by Gasteiger charge is 2.31. The summed E-state index contributed by atoms with van der Waals surface area (Å²) in [5, 5.41) is 0.817. The lowest BCUT2D eigenvalue weighted by atomic mass is 10.1. The summed E-state index contributed by atoms with van der Waals surface area (Å²) in [6, 6.07) is 0. The molecule has 1 rings (SSSR count). The van der Waals surface area contributed by atoms with E-state index in [1.165, 1.54) is 11.8 Å². The Morgan fingerprint density at radius 3 is 2.43 bits per heavy atom. The Hall–Kier alpha value is -0.750. The van der Waals surface area contributed by atoms with Crippen LogP contribution in [0.5, 0.6) is 0 Å². The molecule has 1 atom stereocenters. The van der Waals surface area contributed by atoms with Gasteiger partial charge in [0.15, 0.2) is 11.5 Å². The fourth-order valence-corrected chi connectivity index (χ4v) is 2.08. The van der Waals surface area contributed by atoms with E-state index in [1.807, 2.05) is 11.2 Å². The topological polar surface area (TPSA) is 80.0 Å². The average molecular weight is 215 g/mol. The van der Waals surface area contributed by atoms with Gasteiger partial charge in [0, 0.05) is 5.54 Å². The van der Waals surface area contributed by atoms with Crippen molar-refractivity contribution in [2.75, 3.05) is 6.26 Å². The molecule has 0 bridgehead atoms. The Balaban J connectivity index is 3.02. The van der Waals surface area contributed by atoms with Gasteiger partial charge in [0.05, 0.1) is 0 Å². The maximum Gasteiger partial charge on any atom is 0.221 e. The first-order valence-corrected chi connectivity index (χ1v) is 5.59. The van der Waals surface area contributed by atoms with Crippen molar-refractivity contribution in [2.45, 2.75) is 32.6 Å². The lowest BCUT2D eigenvalue weighted by Gasteiger charge is -2.41. The van der Waals surface area contributed by atoms with Gasteiger partial charge in [0.1, 0.15) is 0 Å². The van der Waals surface area contributed by atoms with E-state index in [0.29, 0.717) is 0 Å². The number of hydrogen-bond donors (Lipinski definition) is 2. The van der Waals surface area contributed by atoms with Crippen LogP contribution in [0.2, 0.25) is 0 Å². The highest BCUT2D eigenvalue weighted by Crippen LogP contribution is 2.22. The molecule has 5 nitrogen and oxygen atoms in total. The maximum atomic E-state index is 5.89. The molecule has 1 aliphatic rings. The molecule has 1 aliphatic heterocycles. The number of amidine groups is 1. The normalized spacial score (nSPS) is 23.2. The summed E-state index contributed by atoms with van der Waals surface area (Å²) in [6.07, 6.45) is 1.51. The fraction of sp³-hybridized carbons (Fsp3) is 0.750. The SMILES string of the molecule is CSC1=NC(N)=NC(N)N1C(C)(C)C. The molecular formula is C8H17N5S. The Labute approximate surface area is 88.6 Å². The van der Waals surface area contributed by atoms with Gasteiger partial charge in [-0.05, 0) is 27.0 Å². The first-order chi connectivity index (χ1) is 6.36. The van der Waals surface area contributed by atoms with E-state index in [4.69, 9.17) is 11.5 Å². The number of rotatable bonds is 0. The van der Waals surface area contributed by atoms with Crippen LogP contribution in [0.1, 0.15) is 20.8 Å². The van der Waals surface area contributed by atoms with E-state index < -0.39 is 6.29 Å². The molecule has 0 aliphatic carbocycles. The van der Waals surface area contributed by atoms with Crippen LogP contribution in [0.4, 0.5) is 0 Å². The van der Waals surface area contributed by atoms with E-state index in [0.717, 1.165) is 5.17 Å². The van der Waals surface area contributed by atoms with Gasteiger partial charge in [-0.15, -0.1) is 0 Å². The predicted molar refractivity (Wildman–Crippen MR) is 62.1 cm³/mol. The molecule has 14 heavy (non-hydrogen) atoms. The van der Waals surface area contributed by atoms with Gasteiger partial charge in [-0.1, -0.05) is 11.8 Å². The van der Waals surface area contributed by atoms with Crippen LogP contribution < -0.4 is 11.5 Å². The van der Waals surface area contributed by atoms with E-state index in [2.05, 4.69) is 30.8 Å². The minimum atomic E-state index is -0.435. The predicted octanol–water partition coefficient (Wildman–Crippen LogP) is 0.376. The van der Waals surface area contributed by atoms with Crippen molar-refractivity contribution >= 4 is 22.9 Å². The first kappa shape index (κ1) is 11.3. The van der Waals surface area contributed by atoms with Crippen LogP contribution >= 0.6 is 11.8 Å². The molecule has 0 radical (unpaired) electrons. The highest BCUT2D eigenvalue weighted by atomic mass is 32.2. The molecule has 80 valence electrons. The second-order valence-corrected chi connectivity index (χ2v) is 4.81. The minimum Gasteiger partial charge on any atom is -0.368 e. The third kappa shape index (κ3) is 2.19. The molecule has 0 aromatic carbocycles. The average Bonchev–Trinajstić information content (AvgIpc) is 1.99. The molecule has 0 spiro atoms. The van der Waals surface area contributed by atoms with Crippen LogP contribution in [-0.2, 0) is 0 Å². The lowest BCUT2D eigenvalue weighted by Crippen LogP contribution is -2.56. The van der Waals surface area contributed by atoms with Crippen LogP contribution in [-0.4, -0.2) is 34.1 Å². The van der Waals surface area contributed by atoms with Gasteiger partial charge in [-0.2, -0.15) is 4.99 Å². The van der Waals surface area contributed by atoms with Crippen molar-refractivity contribution in [2.24, 2.45) is 21.5 Å². The molecular weight excluding hydrogens is 198 g/mol. The molecule has 0 aromatic rings. The minimum absolute atomic E-state index is 0.106. The molecule has 0 aromatic heterocycles. The van der Waals surface area contributed by atoms with Crippen molar-refractivity contribution in [3.8, 4) is 0 Å². The Morgan fingerprint density at radius 1 is 1.43 bits per heavy atom. The number of nitrogens with zero attached hydrogens (tertiary/aromatic N) is 3.